The van der Waals surface area contributed by atoms with Gasteiger partial charge >= 0.3 is 6.09 Å². The molecule has 3 amide bonds. The molecule has 1 spiro atoms. The Hall–Kier alpha value is -2.28. The van der Waals surface area contributed by atoms with Crippen LogP contribution in [0, 0.1) is 5.92 Å². The first-order chi connectivity index (χ1) is 15.5. The van der Waals surface area contributed by atoms with Gasteiger partial charge in [-0.15, -0.1) is 0 Å². The van der Waals surface area contributed by atoms with E-state index < -0.39 is 17.2 Å². The molecule has 7 nitrogen and oxygen atoms in total. The molecule has 180 valence electrons. The maximum absolute atomic E-state index is 13.9. The second kappa shape index (κ2) is 8.82. The molecule has 4 rings (SSSR count). The third-order valence-corrected chi connectivity index (χ3v) is 7.27. The Morgan fingerprint density at radius 3 is 2.27 bits per heavy atom. The number of amides is 3. The molecular weight excluding hydrogens is 442 g/mol. The topological polar surface area (TPSA) is 70.2 Å². The third-order valence-electron chi connectivity index (χ3n) is 7.02. The summed E-state index contributed by atoms with van der Waals surface area (Å²) in [6.07, 6.45) is 3.51. The van der Waals surface area contributed by atoms with Crippen LogP contribution in [0.25, 0.3) is 0 Å². The standard InChI is InChI=1S/C25H34ClN3O4/c1-17-5-11-20(12-6-17)28-14-21(30)29(13-18-7-9-19(26)10-8-18)25(22(28)31)15-27(16-25)23(32)33-24(2,3)4/h7-10,17,20H,5-6,11-16H2,1-4H3. The van der Waals surface area contributed by atoms with Gasteiger partial charge in [-0.05, 0) is 70.1 Å². The Morgan fingerprint density at radius 1 is 1.09 bits per heavy atom. The third kappa shape index (κ3) is 4.84. The van der Waals surface area contributed by atoms with Crippen molar-refractivity contribution in [2.45, 2.75) is 77.1 Å². The fourth-order valence-corrected chi connectivity index (χ4v) is 5.26. The highest BCUT2D eigenvalue weighted by molar-refractivity contribution is 6.30. The van der Waals surface area contributed by atoms with Crippen LogP contribution in [0.5, 0.6) is 0 Å². The summed E-state index contributed by atoms with van der Waals surface area (Å²) in [5, 5.41) is 0.618. The highest BCUT2D eigenvalue weighted by Gasteiger charge is 2.61. The average Bonchev–Trinajstić information content (AvgIpc) is 2.70. The molecule has 33 heavy (non-hydrogen) atoms. The van der Waals surface area contributed by atoms with Gasteiger partial charge in [0.1, 0.15) is 12.1 Å². The molecule has 0 bridgehead atoms. The molecule has 0 unspecified atom stereocenters. The van der Waals surface area contributed by atoms with E-state index in [1.165, 1.54) is 4.90 Å². The summed E-state index contributed by atoms with van der Waals surface area (Å²) < 4.78 is 5.50. The Balaban J connectivity index is 1.58. The summed E-state index contributed by atoms with van der Waals surface area (Å²) in [7, 11) is 0. The number of halogens is 1. The van der Waals surface area contributed by atoms with Gasteiger partial charge in [0.15, 0.2) is 5.54 Å². The minimum atomic E-state index is -1.05. The van der Waals surface area contributed by atoms with E-state index in [4.69, 9.17) is 16.3 Å². The summed E-state index contributed by atoms with van der Waals surface area (Å²) in [6, 6.07) is 7.38. The zero-order valence-electron chi connectivity index (χ0n) is 20.0. The lowest BCUT2D eigenvalue weighted by molar-refractivity contribution is -0.181. The van der Waals surface area contributed by atoms with Crippen molar-refractivity contribution in [1.82, 2.24) is 14.7 Å². The van der Waals surface area contributed by atoms with Gasteiger partial charge in [0, 0.05) is 17.6 Å². The monoisotopic (exact) mass is 475 g/mol. The average molecular weight is 476 g/mol. The molecule has 1 aromatic rings. The molecule has 0 atom stereocenters. The summed E-state index contributed by atoms with van der Waals surface area (Å²) >= 11 is 6.02. The SMILES string of the molecule is CC1CCC(N2CC(=O)N(Cc3ccc(Cl)cc3)C3(CN(C(=O)OC(C)(C)C)C3)C2=O)CC1. The van der Waals surface area contributed by atoms with Gasteiger partial charge in [0.25, 0.3) is 5.91 Å². The number of carbonyl (C=O) groups is 3. The molecule has 0 aromatic heterocycles. The predicted octanol–water partition coefficient (Wildman–Crippen LogP) is 4.08. The minimum Gasteiger partial charge on any atom is -0.444 e. The van der Waals surface area contributed by atoms with Crippen molar-refractivity contribution in [3.63, 3.8) is 0 Å². The zero-order chi connectivity index (χ0) is 24.0. The van der Waals surface area contributed by atoms with E-state index in [0.29, 0.717) is 17.5 Å². The predicted molar refractivity (Wildman–Crippen MR) is 126 cm³/mol. The van der Waals surface area contributed by atoms with Crippen molar-refractivity contribution < 1.29 is 19.1 Å². The number of ether oxygens (including phenoxy) is 1. The second-order valence-corrected chi connectivity index (χ2v) is 11.3. The number of likely N-dealkylation sites (tertiary alicyclic amines) is 1. The molecule has 2 saturated heterocycles. The van der Waals surface area contributed by atoms with Crippen molar-refractivity contribution in [3.05, 3.63) is 34.9 Å². The lowest BCUT2D eigenvalue weighted by atomic mass is 9.80. The van der Waals surface area contributed by atoms with Crippen LogP contribution in [0.4, 0.5) is 4.79 Å². The summed E-state index contributed by atoms with van der Waals surface area (Å²) in [5.74, 6) is 0.529. The molecule has 1 saturated carbocycles. The van der Waals surface area contributed by atoms with E-state index >= 15 is 0 Å². The summed E-state index contributed by atoms with van der Waals surface area (Å²) in [6.45, 7) is 8.38. The van der Waals surface area contributed by atoms with Gasteiger partial charge in [-0.25, -0.2) is 4.79 Å². The number of rotatable bonds is 3. The van der Waals surface area contributed by atoms with Gasteiger partial charge in [0.05, 0.1) is 13.1 Å². The van der Waals surface area contributed by atoms with Crippen LogP contribution in [0.2, 0.25) is 5.02 Å². The van der Waals surface area contributed by atoms with Crippen molar-refractivity contribution in [3.8, 4) is 0 Å². The molecule has 1 aliphatic carbocycles. The lowest BCUT2D eigenvalue weighted by Gasteiger charge is -2.58. The number of nitrogens with zero attached hydrogens (tertiary/aromatic N) is 3. The highest BCUT2D eigenvalue weighted by atomic mass is 35.5. The van der Waals surface area contributed by atoms with Crippen LogP contribution < -0.4 is 0 Å². The van der Waals surface area contributed by atoms with Gasteiger partial charge < -0.3 is 19.4 Å². The first kappa shape index (κ1) is 23.9. The van der Waals surface area contributed by atoms with Crippen LogP contribution in [0.3, 0.4) is 0 Å². The van der Waals surface area contributed by atoms with E-state index in [-0.39, 0.29) is 37.5 Å². The smallest absolute Gasteiger partial charge is 0.410 e. The van der Waals surface area contributed by atoms with E-state index in [1.54, 1.807) is 21.9 Å². The molecule has 0 radical (unpaired) electrons. The molecule has 2 aliphatic heterocycles. The van der Waals surface area contributed by atoms with Crippen molar-refractivity contribution in [1.29, 1.82) is 0 Å². The van der Waals surface area contributed by atoms with Crippen LogP contribution in [-0.2, 0) is 20.9 Å². The summed E-state index contributed by atoms with van der Waals surface area (Å²) in [4.78, 5) is 44.9. The zero-order valence-corrected chi connectivity index (χ0v) is 20.7. The maximum Gasteiger partial charge on any atom is 0.410 e. The van der Waals surface area contributed by atoms with Crippen LogP contribution in [0.1, 0.15) is 58.9 Å². The van der Waals surface area contributed by atoms with Crippen molar-refractivity contribution >= 4 is 29.5 Å². The van der Waals surface area contributed by atoms with E-state index in [9.17, 15) is 14.4 Å². The molecule has 3 fully saturated rings. The van der Waals surface area contributed by atoms with Crippen LogP contribution in [0.15, 0.2) is 24.3 Å². The molecule has 0 N–H and O–H groups in total. The number of carbonyl (C=O) groups excluding carboxylic acids is 3. The first-order valence-electron chi connectivity index (χ1n) is 11.8. The molecular formula is C25H34ClN3O4. The molecule has 1 aromatic carbocycles. The number of hydrogen-bond acceptors (Lipinski definition) is 4. The van der Waals surface area contributed by atoms with E-state index in [0.717, 1.165) is 31.2 Å². The van der Waals surface area contributed by atoms with Gasteiger partial charge in [-0.2, -0.15) is 0 Å². The van der Waals surface area contributed by atoms with Crippen molar-refractivity contribution in [2.24, 2.45) is 5.92 Å². The number of piperazine rings is 1. The van der Waals surface area contributed by atoms with Crippen molar-refractivity contribution in [2.75, 3.05) is 19.6 Å². The molecule has 8 heteroatoms. The first-order valence-corrected chi connectivity index (χ1v) is 12.2. The van der Waals surface area contributed by atoms with Gasteiger partial charge in [0.2, 0.25) is 5.91 Å². The van der Waals surface area contributed by atoms with Gasteiger partial charge in [-0.3, -0.25) is 9.59 Å². The Morgan fingerprint density at radius 2 is 1.70 bits per heavy atom. The Labute approximate surface area is 201 Å². The second-order valence-electron chi connectivity index (χ2n) is 10.8. The normalized spacial score (nSPS) is 25.3. The largest absolute Gasteiger partial charge is 0.444 e. The minimum absolute atomic E-state index is 0.0459. The molecule has 3 aliphatic rings. The van der Waals surface area contributed by atoms with Crippen LogP contribution in [-0.4, -0.2) is 69.4 Å². The Kier molecular flexibility index (Phi) is 6.38. The fraction of sp³-hybridized carbons (Fsp3) is 0.640. The number of hydrogen-bond donors (Lipinski definition) is 0. The highest BCUT2D eigenvalue weighted by Crippen LogP contribution is 2.38. The quantitative estimate of drug-likeness (QED) is 0.660. The van der Waals surface area contributed by atoms with Gasteiger partial charge in [-0.1, -0.05) is 30.7 Å². The van der Waals surface area contributed by atoms with E-state index in [2.05, 4.69) is 6.92 Å². The van der Waals surface area contributed by atoms with Crippen LogP contribution >= 0.6 is 11.6 Å². The molecule has 2 heterocycles. The summed E-state index contributed by atoms with van der Waals surface area (Å²) in [5.41, 5.74) is -0.773. The maximum atomic E-state index is 13.9. The fourth-order valence-electron chi connectivity index (χ4n) is 5.13. The Bertz CT molecular complexity index is 913. The number of benzene rings is 1. The lowest BCUT2D eigenvalue weighted by Crippen LogP contribution is -2.81. The van der Waals surface area contributed by atoms with E-state index in [1.807, 2.05) is 32.9 Å².